The molecule has 1 unspecified atom stereocenters. The zero-order valence-corrected chi connectivity index (χ0v) is 19.1. The number of ether oxygens (including phenoxy) is 1. The minimum absolute atomic E-state index is 0.0553. The minimum Gasteiger partial charge on any atom is -0.495 e. The van der Waals surface area contributed by atoms with Crippen LogP contribution in [0, 0.1) is 0 Å². The lowest BCUT2D eigenvalue weighted by molar-refractivity contribution is -0.116. The van der Waals surface area contributed by atoms with Gasteiger partial charge in [-0.3, -0.25) is 14.5 Å². The van der Waals surface area contributed by atoms with E-state index in [1.165, 1.54) is 6.92 Å². The van der Waals surface area contributed by atoms with Crippen LogP contribution in [0.15, 0.2) is 36.4 Å². The Morgan fingerprint density at radius 1 is 1.09 bits per heavy atom. The quantitative estimate of drug-likeness (QED) is 0.753. The van der Waals surface area contributed by atoms with Crippen LogP contribution in [0.25, 0.3) is 0 Å². The van der Waals surface area contributed by atoms with Crippen LogP contribution in [-0.4, -0.2) is 62.6 Å². The fourth-order valence-corrected chi connectivity index (χ4v) is 5.00. The molecule has 2 aromatic rings. The average molecular weight is 437 g/mol. The molecule has 0 saturated carbocycles. The van der Waals surface area contributed by atoms with E-state index in [1.807, 2.05) is 24.3 Å². The van der Waals surface area contributed by atoms with Crippen LogP contribution in [0.1, 0.15) is 35.3 Å². The maximum Gasteiger partial charge on any atom is 0.250 e. The van der Waals surface area contributed by atoms with Crippen molar-refractivity contribution in [3.63, 3.8) is 0 Å². The van der Waals surface area contributed by atoms with Gasteiger partial charge in [0.15, 0.2) is 0 Å². The molecule has 2 N–H and O–H groups in total. The summed E-state index contributed by atoms with van der Waals surface area (Å²) in [6, 6.07) is 12.5. The first-order valence-electron chi connectivity index (χ1n) is 11.2. The number of hydrogen-bond donors (Lipinski definition) is 1. The van der Waals surface area contributed by atoms with Gasteiger partial charge in [0, 0.05) is 45.7 Å². The number of hydrogen-bond acceptors (Lipinski definition) is 5. The molecule has 2 aliphatic rings. The van der Waals surface area contributed by atoms with Gasteiger partial charge in [-0.15, -0.1) is 0 Å². The Labute approximate surface area is 189 Å². The number of piperazine rings is 1. The highest BCUT2D eigenvalue weighted by molar-refractivity contribution is 6.05. The molecule has 0 spiro atoms. The number of para-hydroxylation sites is 2. The maximum absolute atomic E-state index is 12.1. The van der Waals surface area contributed by atoms with Crippen molar-refractivity contribution in [2.24, 2.45) is 5.73 Å². The normalized spacial score (nSPS) is 17.2. The fraction of sp³-hybridized carbons (Fsp3) is 0.440. The molecule has 2 aliphatic heterocycles. The largest absolute Gasteiger partial charge is 0.495 e. The van der Waals surface area contributed by atoms with E-state index in [9.17, 15) is 9.59 Å². The molecule has 1 saturated heterocycles. The summed E-state index contributed by atoms with van der Waals surface area (Å²) < 4.78 is 5.52. The number of nitrogens with zero attached hydrogens (tertiary/aromatic N) is 3. The van der Waals surface area contributed by atoms with Gasteiger partial charge in [0.05, 0.1) is 24.0 Å². The number of methoxy groups -OCH3 is 1. The number of nitrogens with two attached hydrogens (primary N) is 1. The number of fused-ring (bicyclic) bond motifs is 1. The van der Waals surface area contributed by atoms with Crippen LogP contribution in [-0.2, 0) is 17.6 Å². The van der Waals surface area contributed by atoms with Gasteiger partial charge < -0.3 is 20.3 Å². The summed E-state index contributed by atoms with van der Waals surface area (Å²) in [6.45, 7) is 8.17. The molecule has 7 heteroatoms. The van der Waals surface area contributed by atoms with Gasteiger partial charge in [0.2, 0.25) is 5.91 Å². The zero-order valence-electron chi connectivity index (χ0n) is 19.1. The third-order valence-corrected chi connectivity index (χ3v) is 6.66. The third-order valence-electron chi connectivity index (χ3n) is 6.66. The Morgan fingerprint density at radius 2 is 1.81 bits per heavy atom. The molecule has 32 heavy (non-hydrogen) atoms. The number of anilines is 2. The maximum atomic E-state index is 12.1. The predicted molar refractivity (Wildman–Crippen MR) is 127 cm³/mol. The first-order chi connectivity index (χ1) is 15.4. The van der Waals surface area contributed by atoms with E-state index in [1.54, 1.807) is 12.0 Å². The summed E-state index contributed by atoms with van der Waals surface area (Å²) in [5, 5.41) is 0. The molecule has 7 nitrogen and oxygen atoms in total. The molecule has 2 heterocycles. The molecule has 1 fully saturated rings. The molecule has 0 bridgehead atoms. The van der Waals surface area contributed by atoms with Gasteiger partial charge in [-0.2, -0.15) is 0 Å². The second kappa shape index (κ2) is 9.20. The number of rotatable bonds is 6. The first-order valence-corrected chi connectivity index (χ1v) is 11.2. The van der Waals surface area contributed by atoms with Crippen molar-refractivity contribution in [1.82, 2.24) is 4.90 Å². The Bertz CT molecular complexity index is 1010. The van der Waals surface area contributed by atoms with E-state index >= 15 is 0 Å². The monoisotopic (exact) mass is 436 g/mol. The van der Waals surface area contributed by atoms with Crippen LogP contribution in [0.4, 0.5) is 11.4 Å². The van der Waals surface area contributed by atoms with Gasteiger partial charge in [-0.25, -0.2) is 0 Å². The predicted octanol–water partition coefficient (Wildman–Crippen LogP) is 2.46. The Balaban J connectivity index is 1.45. The van der Waals surface area contributed by atoms with Crippen LogP contribution >= 0.6 is 0 Å². The van der Waals surface area contributed by atoms with Crippen molar-refractivity contribution in [1.29, 1.82) is 0 Å². The topological polar surface area (TPSA) is 79.1 Å². The summed E-state index contributed by atoms with van der Waals surface area (Å²) >= 11 is 0. The van der Waals surface area contributed by atoms with Crippen LogP contribution in [0.2, 0.25) is 0 Å². The Kier molecular flexibility index (Phi) is 6.37. The standard InChI is InChI=1S/C25H32N4O3/c1-17(27-10-12-28(13-11-27)22-6-4-5-7-23(22)32-3)14-19-15-20-8-9-29(18(2)30)24(20)21(16-19)25(26)31/h4-7,15-17H,8-14H2,1-3H3,(H2,26,31). The van der Waals surface area contributed by atoms with E-state index in [2.05, 4.69) is 28.9 Å². The molecular weight excluding hydrogens is 404 g/mol. The summed E-state index contributed by atoms with van der Waals surface area (Å²) in [6.07, 6.45) is 1.59. The highest BCUT2D eigenvalue weighted by atomic mass is 16.5. The van der Waals surface area contributed by atoms with E-state index in [4.69, 9.17) is 10.5 Å². The SMILES string of the molecule is COc1ccccc1N1CCN(C(C)Cc2cc3c(c(C(N)=O)c2)N(C(C)=O)CC3)CC1. The minimum atomic E-state index is -0.477. The molecule has 2 amide bonds. The number of primary amides is 1. The molecule has 2 aromatic carbocycles. The second-order valence-corrected chi connectivity index (χ2v) is 8.68. The smallest absolute Gasteiger partial charge is 0.250 e. The highest BCUT2D eigenvalue weighted by Crippen LogP contribution is 2.34. The number of amides is 2. The van der Waals surface area contributed by atoms with Crippen molar-refractivity contribution in [2.45, 2.75) is 32.7 Å². The highest BCUT2D eigenvalue weighted by Gasteiger charge is 2.29. The van der Waals surface area contributed by atoms with Crippen LogP contribution < -0.4 is 20.3 Å². The number of carbonyl (C=O) groups excluding carboxylic acids is 2. The van der Waals surface area contributed by atoms with Crippen LogP contribution in [0.5, 0.6) is 5.75 Å². The lowest BCUT2D eigenvalue weighted by Crippen LogP contribution is -2.50. The molecule has 0 radical (unpaired) electrons. The fourth-order valence-electron chi connectivity index (χ4n) is 5.00. The van der Waals surface area contributed by atoms with Crippen LogP contribution in [0.3, 0.4) is 0 Å². The molecule has 0 aromatic heterocycles. The zero-order chi connectivity index (χ0) is 22.8. The van der Waals surface area contributed by atoms with Crippen molar-refractivity contribution in [2.75, 3.05) is 49.6 Å². The van der Waals surface area contributed by atoms with Crippen molar-refractivity contribution >= 4 is 23.2 Å². The lowest BCUT2D eigenvalue weighted by atomic mass is 9.97. The summed E-state index contributed by atoms with van der Waals surface area (Å²) in [7, 11) is 1.71. The van der Waals surface area contributed by atoms with Gasteiger partial charge >= 0.3 is 0 Å². The Morgan fingerprint density at radius 3 is 2.47 bits per heavy atom. The van der Waals surface area contributed by atoms with E-state index < -0.39 is 5.91 Å². The van der Waals surface area contributed by atoms with Gasteiger partial charge in [0.1, 0.15) is 5.75 Å². The van der Waals surface area contributed by atoms with Crippen molar-refractivity contribution in [3.05, 3.63) is 53.1 Å². The van der Waals surface area contributed by atoms with Crippen molar-refractivity contribution < 1.29 is 14.3 Å². The van der Waals surface area contributed by atoms with E-state index in [0.29, 0.717) is 23.8 Å². The molecule has 1 atom stereocenters. The summed E-state index contributed by atoms with van der Waals surface area (Å²) in [4.78, 5) is 30.7. The molecule has 0 aliphatic carbocycles. The van der Waals surface area contributed by atoms with Gasteiger partial charge in [-0.1, -0.05) is 18.2 Å². The van der Waals surface area contributed by atoms with E-state index in [-0.39, 0.29) is 5.91 Å². The average Bonchev–Trinajstić information content (AvgIpc) is 3.22. The lowest BCUT2D eigenvalue weighted by Gasteiger charge is -2.39. The summed E-state index contributed by atoms with van der Waals surface area (Å²) in [5.74, 6) is 0.375. The number of carbonyl (C=O) groups is 2. The second-order valence-electron chi connectivity index (χ2n) is 8.68. The molecular formula is C25H32N4O3. The third kappa shape index (κ3) is 4.30. The molecule has 4 rings (SSSR count). The van der Waals surface area contributed by atoms with E-state index in [0.717, 1.165) is 61.6 Å². The number of benzene rings is 2. The summed E-state index contributed by atoms with van der Waals surface area (Å²) in [5.41, 5.74) is 10.1. The van der Waals surface area contributed by atoms with Gasteiger partial charge in [0.25, 0.3) is 5.91 Å². The van der Waals surface area contributed by atoms with Crippen molar-refractivity contribution in [3.8, 4) is 5.75 Å². The Hall–Kier alpha value is -3.06. The first kappa shape index (κ1) is 22.1. The van der Waals surface area contributed by atoms with Gasteiger partial charge in [-0.05, 0) is 49.1 Å². The molecule has 170 valence electrons.